The summed E-state index contributed by atoms with van der Waals surface area (Å²) < 4.78 is 26.1. The molecule has 10 heteroatoms. The number of piperidine rings is 1. The molecule has 0 atom stereocenters. The molecule has 37 heavy (non-hydrogen) atoms. The second-order valence-corrected chi connectivity index (χ2v) is 9.29. The Morgan fingerprint density at radius 2 is 1.78 bits per heavy atom. The quantitative estimate of drug-likeness (QED) is 0.368. The molecule has 0 bridgehead atoms. The molecule has 0 aliphatic carbocycles. The Labute approximate surface area is 219 Å². The van der Waals surface area contributed by atoms with Crippen molar-refractivity contribution in [1.29, 1.82) is 0 Å². The molecule has 3 aromatic rings. The topological polar surface area (TPSA) is 102 Å². The van der Waals surface area contributed by atoms with E-state index in [4.69, 9.17) is 21.1 Å². The summed E-state index contributed by atoms with van der Waals surface area (Å²) in [6, 6.07) is 11.6. The second-order valence-electron chi connectivity index (χ2n) is 8.85. The van der Waals surface area contributed by atoms with Crippen molar-refractivity contribution in [3.63, 3.8) is 0 Å². The maximum Gasteiger partial charge on any atom is 0.259 e. The van der Waals surface area contributed by atoms with Crippen LogP contribution in [-0.4, -0.2) is 42.1 Å². The number of hydrogen-bond acceptors (Lipinski definition) is 6. The maximum atomic E-state index is 14.1. The molecule has 2 heterocycles. The number of halogens is 2. The molecular weight excluding hydrogens is 499 g/mol. The normalized spacial score (nSPS) is 13.8. The lowest BCUT2D eigenvalue weighted by Crippen LogP contribution is -2.34. The summed E-state index contributed by atoms with van der Waals surface area (Å²) in [5.41, 5.74) is 0.337. The molecule has 194 valence electrons. The SMILES string of the molecule is CC(C)Oc1ccc(C(=O)Nc2ccc(F)cc2C(=O)Nc2ccc(Cl)cn2)c(OC2CCNCC2)c1. The van der Waals surface area contributed by atoms with E-state index in [1.165, 1.54) is 24.4 Å². The van der Waals surface area contributed by atoms with E-state index in [1.807, 2.05) is 13.8 Å². The largest absolute Gasteiger partial charge is 0.491 e. The van der Waals surface area contributed by atoms with Gasteiger partial charge in [-0.25, -0.2) is 9.37 Å². The number of hydrogen-bond donors (Lipinski definition) is 3. The van der Waals surface area contributed by atoms with Gasteiger partial charge >= 0.3 is 0 Å². The summed E-state index contributed by atoms with van der Waals surface area (Å²) in [6.07, 6.45) is 2.87. The highest BCUT2D eigenvalue weighted by Gasteiger charge is 2.22. The van der Waals surface area contributed by atoms with Gasteiger partial charge in [0.05, 0.1) is 27.9 Å². The monoisotopic (exact) mass is 526 g/mol. The summed E-state index contributed by atoms with van der Waals surface area (Å²) in [7, 11) is 0. The van der Waals surface area contributed by atoms with Crippen LogP contribution in [0, 0.1) is 5.82 Å². The van der Waals surface area contributed by atoms with Crippen LogP contribution in [0.4, 0.5) is 15.9 Å². The van der Waals surface area contributed by atoms with Gasteiger partial charge in [0.2, 0.25) is 0 Å². The van der Waals surface area contributed by atoms with Crippen LogP contribution >= 0.6 is 11.6 Å². The number of rotatable bonds is 8. The molecule has 1 aliphatic heterocycles. The predicted octanol–water partition coefficient (Wildman–Crippen LogP) is 5.30. The van der Waals surface area contributed by atoms with Gasteiger partial charge in [-0.2, -0.15) is 0 Å². The average Bonchev–Trinajstić information content (AvgIpc) is 2.87. The van der Waals surface area contributed by atoms with Gasteiger partial charge in [-0.15, -0.1) is 0 Å². The number of amides is 2. The van der Waals surface area contributed by atoms with Gasteiger partial charge in [-0.05, 0) is 82.2 Å². The summed E-state index contributed by atoms with van der Waals surface area (Å²) in [5.74, 6) is -0.595. The van der Waals surface area contributed by atoms with E-state index < -0.39 is 17.6 Å². The minimum atomic E-state index is -0.642. The summed E-state index contributed by atoms with van der Waals surface area (Å²) in [4.78, 5) is 30.3. The fourth-order valence-electron chi connectivity index (χ4n) is 3.86. The van der Waals surface area contributed by atoms with Gasteiger partial charge in [0.25, 0.3) is 11.8 Å². The molecule has 0 radical (unpaired) electrons. The number of ether oxygens (including phenoxy) is 2. The molecular formula is C27H28ClFN4O4. The molecule has 8 nitrogen and oxygen atoms in total. The van der Waals surface area contributed by atoms with Crippen molar-refractivity contribution in [1.82, 2.24) is 10.3 Å². The molecule has 0 unspecified atom stereocenters. The Bertz CT molecular complexity index is 1260. The van der Waals surface area contributed by atoms with E-state index >= 15 is 0 Å². The third-order valence-electron chi connectivity index (χ3n) is 5.59. The van der Waals surface area contributed by atoms with Crippen molar-refractivity contribution < 1.29 is 23.5 Å². The van der Waals surface area contributed by atoms with E-state index in [2.05, 4.69) is 20.9 Å². The number of benzene rings is 2. The van der Waals surface area contributed by atoms with E-state index in [0.717, 1.165) is 32.0 Å². The highest BCUT2D eigenvalue weighted by Crippen LogP contribution is 2.29. The van der Waals surface area contributed by atoms with Crippen molar-refractivity contribution >= 4 is 34.9 Å². The summed E-state index contributed by atoms with van der Waals surface area (Å²) in [6.45, 7) is 5.47. The number of nitrogens with one attached hydrogen (secondary N) is 3. The van der Waals surface area contributed by atoms with Crippen LogP contribution < -0.4 is 25.4 Å². The first-order valence-corrected chi connectivity index (χ1v) is 12.4. The third kappa shape index (κ3) is 7.18. The molecule has 1 aliphatic rings. The molecule has 1 fully saturated rings. The Morgan fingerprint density at radius 1 is 1.03 bits per heavy atom. The molecule has 0 spiro atoms. The second kappa shape index (κ2) is 12.0. The smallest absolute Gasteiger partial charge is 0.259 e. The van der Waals surface area contributed by atoms with E-state index in [9.17, 15) is 14.0 Å². The van der Waals surface area contributed by atoms with Crippen molar-refractivity contribution in [2.75, 3.05) is 23.7 Å². The molecule has 1 aromatic heterocycles. The lowest BCUT2D eigenvalue weighted by molar-refractivity contribution is 0.101. The first-order chi connectivity index (χ1) is 17.8. The Balaban J connectivity index is 1.59. The van der Waals surface area contributed by atoms with Crippen molar-refractivity contribution in [3.05, 3.63) is 76.7 Å². The molecule has 1 saturated heterocycles. The highest BCUT2D eigenvalue weighted by atomic mass is 35.5. The third-order valence-corrected chi connectivity index (χ3v) is 5.82. The lowest BCUT2D eigenvalue weighted by atomic mass is 10.1. The fourth-order valence-corrected chi connectivity index (χ4v) is 3.97. The van der Waals surface area contributed by atoms with Crippen LogP contribution in [0.15, 0.2) is 54.7 Å². The maximum absolute atomic E-state index is 14.1. The lowest BCUT2D eigenvalue weighted by Gasteiger charge is -2.25. The van der Waals surface area contributed by atoms with Crippen LogP contribution in [0.5, 0.6) is 11.5 Å². The van der Waals surface area contributed by atoms with E-state index in [-0.39, 0.29) is 34.8 Å². The number of carbonyl (C=O) groups excluding carboxylic acids is 2. The number of aromatic nitrogens is 1. The minimum Gasteiger partial charge on any atom is -0.491 e. The van der Waals surface area contributed by atoms with Gasteiger partial charge in [-0.3, -0.25) is 9.59 Å². The van der Waals surface area contributed by atoms with E-state index in [0.29, 0.717) is 16.5 Å². The summed E-state index contributed by atoms with van der Waals surface area (Å²) in [5, 5.41) is 9.00. The first kappa shape index (κ1) is 26.4. The number of pyridine rings is 1. The van der Waals surface area contributed by atoms with Crippen LogP contribution in [-0.2, 0) is 0 Å². The van der Waals surface area contributed by atoms with Crippen molar-refractivity contribution in [3.8, 4) is 11.5 Å². The van der Waals surface area contributed by atoms with Gasteiger partial charge in [0.1, 0.15) is 29.2 Å². The summed E-state index contributed by atoms with van der Waals surface area (Å²) >= 11 is 5.84. The standard InChI is InChI=1S/C27H28ClFN4O4/c1-16(2)36-20-5-6-21(24(14-20)37-19-9-11-30-12-10-19)26(34)32-23-7-4-18(29)13-22(23)27(35)33-25-8-3-17(28)15-31-25/h3-8,13-16,19,30H,9-12H2,1-2H3,(H,32,34)(H,31,33,35). The Kier molecular flexibility index (Phi) is 8.58. The Hall–Kier alpha value is -3.69. The highest BCUT2D eigenvalue weighted by molar-refractivity contribution is 6.30. The Morgan fingerprint density at radius 3 is 2.49 bits per heavy atom. The molecule has 2 amide bonds. The van der Waals surface area contributed by atoms with E-state index in [1.54, 1.807) is 24.3 Å². The van der Waals surface area contributed by atoms with Crippen LogP contribution in [0.3, 0.4) is 0 Å². The van der Waals surface area contributed by atoms with Crippen molar-refractivity contribution in [2.45, 2.75) is 38.9 Å². The number of nitrogens with zero attached hydrogens (tertiary/aromatic N) is 1. The average molecular weight is 527 g/mol. The number of carbonyl (C=O) groups is 2. The predicted molar refractivity (Wildman–Crippen MR) is 140 cm³/mol. The molecule has 2 aromatic carbocycles. The molecule has 3 N–H and O–H groups in total. The first-order valence-electron chi connectivity index (χ1n) is 12.0. The zero-order valence-electron chi connectivity index (χ0n) is 20.5. The van der Waals surface area contributed by atoms with Gasteiger partial charge in [-0.1, -0.05) is 11.6 Å². The van der Waals surface area contributed by atoms with Gasteiger partial charge < -0.3 is 25.4 Å². The van der Waals surface area contributed by atoms with Gasteiger partial charge in [0, 0.05) is 12.3 Å². The minimum absolute atomic E-state index is 0.0539. The van der Waals surface area contributed by atoms with Gasteiger partial charge in [0.15, 0.2) is 0 Å². The fraction of sp³-hybridized carbons (Fsp3) is 0.296. The molecule has 4 rings (SSSR count). The zero-order chi connectivity index (χ0) is 26.4. The van der Waals surface area contributed by atoms with Crippen LogP contribution in [0.2, 0.25) is 5.02 Å². The van der Waals surface area contributed by atoms with Crippen LogP contribution in [0.25, 0.3) is 0 Å². The number of anilines is 2. The zero-order valence-corrected chi connectivity index (χ0v) is 21.3. The van der Waals surface area contributed by atoms with Crippen LogP contribution in [0.1, 0.15) is 47.4 Å². The molecule has 0 saturated carbocycles. The van der Waals surface area contributed by atoms with Crippen molar-refractivity contribution in [2.24, 2.45) is 0 Å².